The minimum absolute atomic E-state index is 0.0293. The first-order valence-electron chi connectivity index (χ1n) is 9.54. The highest BCUT2D eigenvalue weighted by molar-refractivity contribution is 5.81. The Morgan fingerprint density at radius 2 is 2.07 bits per heavy atom. The van der Waals surface area contributed by atoms with Crippen LogP contribution in [0.3, 0.4) is 0 Å². The van der Waals surface area contributed by atoms with E-state index in [1.165, 1.54) is 0 Å². The van der Waals surface area contributed by atoms with Gasteiger partial charge in [0.2, 0.25) is 5.91 Å². The normalized spacial score (nSPS) is 26.8. The highest BCUT2D eigenvalue weighted by Gasteiger charge is 2.40. The Balaban J connectivity index is 1.64. The first-order valence-corrected chi connectivity index (χ1v) is 9.54. The first kappa shape index (κ1) is 18.2. The second-order valence-corrected chi connectivity index (χ2v) is 7.55. The molecular weight excluding hydrogens is 344 g/mol. The SMILES string of the molecule is C[C@@H]1CNC[C@](NC(=O)CN2CCOCC2)(c2ccnc3nccnc23)C1. The number of fused-ring (bicyclic) bond motifs is 1. The number of rotatable bonds is 4. The van der Waals surface area contributed by atoms with E-state index in [1.54, 1.807) is 18.6 Å². The van der Waals surface area contributed by atoms with Crippen LogP contribution in [0.25, 0.3) is 11.2 Å². The van der Waals surface area contributed by atoms with Crippen LogP contribution < -0.4 is 10.6 Å². The fourth-order valence-corrected chi connectivity index (χ4v) is 4.17. The second kappa shape index (κ2) is 7.84. The van der Waals surface area contributed by atoms with E-state index in [9.17, 15) is 4.79 Å². The molecule has 2 aromatic heterocycles. The molecule has 4 heterocycles. The Morgan fingerprint density at radius 1 is 1.30 bits per heavy atom. The molecule has 2 aromatic rings. The average molecular weight is 370 g/mol. The zero-order chi connectivity index (χ0) is 18.7. The fraction of sp³-hybridized carbons (Fsp3) is 0.579. The monoisotopic (exact) mass is 370 g/mol. The van der Waals surface area contributed by atoms with E-state index in [-0.39, 0.29) is 5.91 Å². The Bertz CT molecular complexity index is 804. The second-order valence-electron chi connectivity index (χ2n) is 7.55. The zero-order valence-corrected chi connectivity index (χ0v) is 15.6. The van der Waals surface area contributed by atoms with Crippen molar-refractivity contribution < 1.29 is 9.53 Å². The average Bonchev–Trinajstić information content (AvgIpc) is 2.68. The van der Waals surface area contributed by atoms with Gasteiger partial charge in [-0.1, -0.05) is 6.92 Å². The topological polar surface area (TPSA) is 92.3 Å². The number of ether oxygens (including phenoxy) is 1. The lowest BCUT2D eigenvalue weighted by Crippen LogP contribution is -2.59. The number of pyridine rings is 1. The molecule has 2 atom stereocenters. The van der Waals surface area contributed by atoms with E-state index in [1.807, 2.05) is 6.07 Å². The molecule has 0 saturated carbocycles. The molecule has 0 radical (unpaired) electrons. The van der Waals surface area contributed by atoms with Crippen LogP contribution in [0.15, 0.2) is 24.7 Å². The summed E-state index contributed by atoms with van der Waals surface area (Å²) in [4.78, 5) is 28.2. The van der Waals surface area contributed by atoms with Crippen LogP contribution in [0.1, 0.15) is 18.9 Å². The van der Waals surface area contributed by atoms with E-state index >= 15 is 0 Å². The third-order valence-corrected chi connectivity index (χ3v) is 5.35. The summed E-state index contributed by atoms with van der Waals surface area (Å²) in [6, 6.07) is 1.96. The van der Waals surface area contributed by atoms with Crippen molar-refractivity contribution in [3.8, 4) is 0 Å². The summed E-state index contributed by atoms with van der Waals surface area (Å²) in [6.45, 7) is 7.14. The lowest BCUT2D eigenvalue weighted by atomic mass is 9.78. The largest absolute Gasteiger partial charge is 0.379 e. The van der Waals surface area contributed by atoms with Crippen molar-refractivity contribution in [2.45, 2.75) is 18.9 Å². The van der Waals surface area contributed by atoms with Crippen molar-refractivity contribution in [2.75, 3.05) is 45.9 Å². The summed E-state index contributed by atoms with van der Waals surface area (Å²) < 4.78 is 5.38. The van der Waals surface area contributed by atoms with Crippen LogP contribution in [0.2, 0.25) is 0 Å². The van der Waals surface area contributed by atoms with Gasteiger partial charge in [0.05, 0.1) is 25.3 Å². The van der Waals surface area contributed by atoms with E-state index in [2.05, 4.69) is 37.4 Å². The summed E-state index contributed by atoms with van der Waals surface area (Å²) in [6.07, 6.45) is 5.92. The van der Waals surface area contributed by atoms with Crippen LogP contribution in [0.4, 0.5) is 0 Å². The van der Waals surface area contributed by atoms with Crippen LogP contribution in [0.5, 0.6) is 0 Å². The molecule has 0 unspecified atom stereocenters. The maximum atomic E-state index is 12.9. The van der Waals surface area contributed by atoms with Gasteiger partial charge in [0.15, 0.2) is 5.65 Å². The van der Waals surface area contributed by atoms with Crippen LogP contribution in [-0.4, -0.2) is 71.7 Å². The standard InChI is InChI=1S/C19H26N6O2/c1-14-10-19(13-20-11-14,24-16(26)12-25-6-8-27-9-7-25)15-2-3-22-18-17(15)21-4-5-23-18/h2-5,14,20H,6-13H2,1H3,(H,24,26)/t14-,19-/m0/s1. The van der Waals surface area contributed by atoms with Gasteiger partial charge in [-0.2, -0.15) is 0 Å². The predicted octanol–water partition coefficient (Wildman–Crippen LogP) is 0.298. The van der Waals surface area contributed by atoms with Gasteiger partial charge in [-0.05, 0) is 24.9 Å². The Hall–Kier alpha value is -2.16. The summed E-state index contributed by atoms with van der Waals surface area (Å²) in [5, 5.41) is 6.82. The van der Waals surface area contributed by atoms with Crippen molar-refractivity contribution in [1.29, 1.82) is 0 Å². The molecule has 0 spiro atoms. The minimum Gasteiger partial charge on any atom is -0.379 e. The molecule has 144 valence electrons. The van der Waals surface area contributed by atoms with E-state index in [0.29, 0.717) is 37.9 Å². The van der Waals surface area contributed by atoms with Gasteiger partial charge in [0.25, 0.3) is 0 Å². The lowest BCUT2D eigenvalue weighted by molar-refractivity contribution is -0.125. The van der Waals surface area contributed by atoms with Gasteiger partial charge in [0.1, 0.15) is 5.52 Å². The Labute approximate surface area is 158 Å². The number of aromatic nitrogens is 3. The van der Waals surface area contributed by atoms with Crippen molar-refractivity contribution in [3.05, 3.63) is 30.2 Å². The van der Waals surface area contributed by atoms with E-state index in [4.69, 9.17) is 4.74 Å². The van der Waals surface area contributed by atoms with Crippen LogP contribution in [0, 0.1) is 5.92 Å². The first-order chi connectivity index (χ1) is 13.2. The van der Waals surface area contributed by atoms with E-state index < -0.39 is 5.54 Å². The number of hydrogen-bond donors (Lipinski definition) is 2. The molecule has 0 aliphatic carbocycles. The summed E-state index contributed by atoms with van der Waals surface area (Å²) in [5.74, 6) is 0.462. The van der Waals surface area contributed by atoms with Crippen LogP contribution >= 0.6 is 0 Å². The highest BCUT2D eigenvalue weighted by Crippen LogP contribution is 2.34. The van der Waals surface area contributed by atoms with Crippen molar-refractivity contribution in [3.63, 3.8) is 0 Å². The summed E-state index contributed by atoms with van der Waals surface area (Å²) in [7, 11) is 0. The van der Waals surface area contributed by atoms with Gasteiger partial charge < -0.3 is 15.4 Å². The number of hydrogen-bond acceptors (Lipinski definition) is 7. The van der Waals surface area contributed by atoms with Gasteiger partial charge >= 0.3 is 0 Å². The molecule has 0 bridgehead atoms. The van der Waals surface area contributed by atoms with E-state index in [0.717, 1.165) is 37.1 Å². The fourth-order valence-electron chi connectivity index (χ4n) is 4.17. The molecule has 4 rings (SSSR count). The summed E-state index contributed by atoms with van der Waals surface area (Å²) >= 11 is 0. The van der Waals surface area contributed by atoms with Crippen molar-refractivity contribution in [1.82, 2.24) is 30.5 Å². The molecule has 1 amide bonds. The number of carbonyl (C=O) groups is 1. The predicted molar refractivity (Wildman–Crippen MR) is 101 cm³/mol. The Morgan fingerprint density at radius 3 is 2.89 bits per heavy atom. The molecule has 2 saturated heterocycles. The van der Waals surface area contributed by atoms with Crippen LogP contribution in [-0.2, 0) is 15.1 Å². The highest BCUT2D eigenvalue weighted by atomic mass is 16.5. The third-order valence-electron chi connectivity index (χ3n) is 5.35. The van der Waals surface area contributed by atoms with Crippen molar-refractivity contribution in [2.24, 2.45) is 5.92 Å². The van der Waals surface area contributed by atoms with Gasteiger partial charge in [-0.3, -0.25) is 14.7 Å². The van der Waals surface area contributed by atoms with Gasteiger partial charge in [0, 0.05) is 43.8 Å². The Kier molecular flexibility index (Phi) is 5.29. The lowest BCUT2D eigenvalue weighted by Gasteiger charge is -2.42. The molecular formula is C19H26N6O2. The molecule has 2 aliphatic rings. The van der Waals surface area contributed by atoms with Gasteiger partial charge in [-0.15, -0.1) is 0 Å². The minimum atomic E-state index is -0.516. The molecule has 8 heteroatoms. The number of piperidine rings is 1. The maximum Gasteiger partial charge on any atom is 0.234 e. The number of carbonyl (C=O) groups excluding carboxylic acids is 1. The third kappa shape index (κ3) is 3.92. The number of nitrogens with zero attached hydrogens (tertiary/aromatic N) is 4. The smallest absolute Gasteiger partial charge is 0.234 e. The zero-order valence-electron chi connectivity index (χ0n) is 15.6. The molecule has 8 nitrogen and oxygen atoms in total. The molecule has 2 N–H and O–H groups in total. The molecule has 27 heavy (non-hydrogen) atoms. The number of morpholine rings is 1. The number of amides is 1. The molecule has 2 fully saturated rings. The molecule has 0 aromatic carbocycles. The molecule has 2 aliphatic heterocycles. The quantitative estimate of drug-likeness (QED) is 0.800. The summed E-state index contributed by atoms with van der Waals surface area (Å²) in [5.41, 5.74) is 1.82. The van der Waals surface area contributed by atoms with Gasteiger partial charge in [-0.25, -0.2) is 9.97 Å². The van der Waals surface area contributed by atoms with Crippen molar-refractivity contribution >= 4 is 17.1 Å². The maximum absolute atomic E-state index is 12.9. The number of nitrogens with one attached hydrogen (secondary N) is 2.